The fourth-order valence-corrected chi connectivity index (χ4v) is 7.26. The van der Waals surface area contributed by atoms with Crippen LogP contribution in [0.2, 0.25) is 0 Å². The van der Waals surface area contributed by atoms with Crippen LogP contribution in [-0.2, 0) is 19.1 Å². The average molecular weight is 455 g/mol. The van der Waals surface area contributed by atoms with Crippen LogP contribution in [0.4, 0.5) is 0 Å². The highest BCUT2D eigenvalue weighted by Crippen LogP contribution is 2.60. The summed E-state index contributed by atoms with van der Waals surface area (Å²) < 4.78 is 5.76. The Morgan fingerprint density at radius 1 is 1.00 bits per heavy atom. The number of esters is 1. The number of hydrogen-bond acceptors (Lipinski definition) is 5. The van der Waals surface area contributed by atoms with Gasteiger partial charge in [-0.3, -0.25) is 9.59 Å². The number of likely N-dealkylation sites (tertiary alicyclic amines) is 1. The second-order valence-electron chi connectivity index (χ2n) is 11.0. The van der Waals surface area contributed by atoms with Gasteiger partial charge in [0.05, 0.1) is 11.5 Å². The number of carbonyl (C=O) groups is 3. The summed E-state index contributed by atoms with van der Waals surface area (Å²) in [6, 6.07) is 8.06. The molecule has 1 aromatic rings. The van der Waals surface area contributed by atoms with Gasteiger partial charge in [-0.1, -0.05) is 30.3 Å². The summed E-state index contributed by atoms with van der Waals surface area (Å²) in [5.41, 5.74) is 0.192. The first-order chi connectivity index (χ1) is 15.8. The maximum absolute atomic E-state index is 13.9. The lowest BCUT2D eigenvalue weighted by Gasteiger charge is -2.56. The quantitative estimate of drug-likeness (QED) is 0.691. The van der Waals surface area contributed by atoms with Gasteiger partial charge in [0.1, 0.15) is 6.04 Å². The van der Waals surface area contributed by atoms with E-state index in [0.29, 0.717) is 23.3 Å². The summed E-state index contributed by atoms with van der Waals surface area (Å²) in [6.07, 6.45) is 4.69. The smallest absolute Gasteiger partial charge is 0.330 e. The van der Waals surface area contributed by atoms with Crippen LogP contribution < -0.4 is 0 Å². The molecule has 1 N–H and O–H groups in total. The number of benzene rings is 1. The van der Waals surface area contributed by atoms with E-state index in [9.17, 15) is 19.5 Å². The number of hydrogen-bond donors (Lipinski definition) is 1. The van der Waals surface area contributed by atoms with Crippen molar-refractivity contribution in [2.24, 2.45) is 23.2 Å². The predicted octanol–water partition coefficient (Wildman–Crippen LogP) is 2.54. The molecule has 2 amide bonds. The van der Waals surface area contributed by atoms with Gasteiger partial charge in [0.25, 0.3) is 5.91 Å². The SMILES string of the molecule is CN(C)C(=O)C(OC(=O)[C@@H]1CC(O)CN1C(=O)C12CC3CC(CC(C3)C1)C2)c1ccccc1. The number of aliphatic hydroxyl groups excluding tert-OH is 1. The third kappa shape index (κ3) is 4.05. The Hall–Kier alpha value is -2.41. The van der Waals surface area contributed by atoms with Gasteiger partial charge in [0.15, 0.2) is 0 Å². The number of carbonyl (C=O) groups excluding carboxylic acids is 3. The fraction of sp³-hybridized carbons (Fsp3) is 0.654. The molecule has 2 unspecified atom stereocenters. The molecular weight excluding hydrogens is 420 g/mol. The maximum atomic E-state index is 13.9. The van der Waals surface area contributed by atoms with E-state index < -0.39 is 29.6 Å². The van der Waals surface area contributed by atoms with E-state index in [-0.39, 0.29) is 24.8 Å². The van der Waals surface area contributed by atoms with Crippen LogP contribution in [0.25, 0.3) is 0 Å². The Balaban J connectivity index is 1.37. The van der Waals surface area contributed by atoms with Crippen molar-refractivity contribution in [3.8, 4) is 0 Å². The summed E-state index contributed by atoms with van der Waals surface area (Å²) in [7, 11) is 3.24. The topological polar surface area (TPSA) is 87.2 Å². The number of ether oxygens (including phenoxy) is 1. The minimum Gasteiger partial charge on any atom is -0.446 e. The largest absolute Gasteiger partial charge is 0.446 e. The Morgan fingerprint density at radius 3 is 2.12 bits per heavy atom. The Labute approximate surface area is 195 Å². The first-order valence-electron chi connectivity index (χ1n) is 12.2. The van der Waals surface area contributed by atoms with Crippen LogP contribution in [0.5, 0.6) is 0 Å². The number of β-amino-alcohol motifs (C(OH)–C–C–N with tert-alkyl or cyclic N) is 1. The summed E-state index contributed by atoms with van der Waals surface area (Å²) in [5.74, 6) is 0.881. The van der Waals surface area contributed by atoms with Gasteiger partial charge < -0.3 is 19.6 Å². The van der Waals surface area contributed by atoms with Gasteiger partial charge in [-0.2, -0.15) is 0 Å². The maximum Gasteiger partial charge on any atom is 0.330 e. The lowest BCUT2D eigenvalue weighted by atomic mass is 9.49. The zero-order chi connectivity index (χ0) is 23.3. The summed E-state index contributed by atoms with van der Waals surface area (Å²) in [6.45, 7) is 0.151. The van der Waals surface area contributed by atoms with E-state index in [1.807, 2.05) is 6.07 Å². The molecule has 33 heavy (non-hydrogen) atoms. The van der Waals surface area contributed by atoms with Crippen molar-refractivity contribution in [2.75, 3.05) is 20.6 Å². The highest BCUT2D eigenvalue weighted by Gasteiger charge is 2.57. The normalized spacial score (nSPS) is 35.4. The number of nitrogens with zero attached hydrogens (tertiary/aromatic N) is 2. The van der Waals surface area contributed by atoms with Crippen LogP contribution >= 0.6 is 0 Å². The van der Waals surface area contributed by atoms with Crippen LogP contribution in [0.1, 0.15) is 56.6 Å². The van der Waals surface area contributed by atoms with E-state index in [1.54, 1.807) is 43.3 Å². The molecule has 0 spiro atoms. The minimum absolute atomic E-state index is 0.00953. The van der Waals surface area contributed by atoms with E-state index in [2.05, 4.69) is 0 Å². The molecular formula is C26H34N2O5. The van der Waals surface area contributed by atoms with Gasteiger partial charge in [-0.25, -0.2) is 4.79 Å². The highest BCUT2D eigenvalue weighted by atomic mass is 16.6. The number of aliphatic hydroxyl groups is 1. The third-order valence-electron chi connectivity index (χ3n) is 8.31. The third-order valence-corrected chi connectivity index (χ3v) is 8.31. The second kappa shape index (κ2) is 8.42. The number of amides is 2. The van der Waals surface area contributed by atoms with Gasteiger partial charge >= 0.3 is 5.97 Å². The molecule has 6 rings (SSSR count). The lowest BCUT2D eigenvalue weighted by Crippen LogP contribution is -2.56. The Bertz CT molecular complexity index is 895. The first-order valence-corrected chi connectivity index (χ1v) is 12.2. The average Bonchev–Trinajstić information content (AvgIpc) is 3.17. The van der Waals surface area contributed by atoms with Crippen LogP contribution in [0.3, 0.4) is 0 Å². The van der Waals surface area contributed by atoms with Gasteiger partial charge in [-0.05, 0) is 56.3 Å². The molecule has 1 heterocycles. The van der Waals surface area contributed by atoms with E-state index >= 15 is 0 Å². The van der Waals surface area contributed by atoms with E-state index in [4.69, 9.17) is 4.74 Å². The van der Waals surface area contributed by atoms with Crippen LogP contribution in [0.15, 0.2) is 30.3 Å². The van der Waals surface area contributed by atoms with Crippen molar-refractivity contribution in [3.05, 3.63) is 35.9 Å². The Morgan fingerprint density at radius 2 is 1.58 bits per heavy atom. The molecule has 4 saturated carbocycles. The molecule has 1 aliphatic heterocycles. The molecule has 178 valence electrons. The Kier molecular flexibility index (Phi) is 5.71. The molecule has 5 fully saturated rings. The molecule has 0 radical (unpaired) electrons. The lowest BCUT2D eigenvalue weighted by molar-refractivity contribution is -0.170. The molecule has 3 atom stereocenters. The second-order valence-corrected chi connectivity index (χ2v) is 11.0. The monoisotopic (exact) mass is 454 g/mol. The molecule has 4 aliphatic carbocycles. The van der Waals surface area contributed by atoms with Crippen molar-refractivity contribution < 1.29 is 24.2 Å². The first kappa shape index (κ1) is 22.4. The van der Waals surface area contributed by atoms with Gasteiger partial charge in [-0.15, -0.1) is 0 Å². The molecule has 7 heteroatoms. The predicted molar refractivity (Wildman–Crippen MR) is 121 cm³/mol. The molecule has 7 nitrogen and oxygen atoms in total. The number of likely N-dealkylation sites (N-methyl/N-ethyl adjacent to an activating group) is 1. The van der Waals surface area contributed by atoms with Crippen molar-refractivity contribution in [1.29, 1.82) is 0 Å². The molecule has 1 saturated heterocycles. The summed E-state index contributed by atoms with van der Waals surface area (Å²) >= 11 is 0. The van der Waals surface area contributed by atoms with Crippen LogP contribution in [-0.4, -0.2) is 65.5 Å². The fourth-order valence-electron chi connectivity index (χ4n) is 7.26. The van der Waals surface area contributed by atoms with Crippen molar-refractivity contribution >= 4 is 17.8 Å². The van der Waals surface area contributed by atoms with E-state index in [0.717, 1.165) is 19.3 Å². The number of rotatable bonds is 5. The molecule has 4 bridgehead atoms. The summed E-state index contributed by atoms with van der Waals surface area (Å²) in [4.78, 5) is 43.0. The van der Waals surface area contributed by atoms with Crippen molar-refractivity contribution in [2.45, 2.75) is 63.2 Å². The van der Waals surface area contributed by atoms with Crippen LogP contribution in [0, 0.1) is 23.2 Å². The summed E-state index contributed by atoms with van der Waals surface area (Å²) in [5, 5.41) is 10.4. The molecule has 1 aromatic carbocycles. The minimum atomic E-state index is -1.08. The zero-order valence-corrected chi connectivity index (χ0v) is 19.5. The zero-order valence-electron chi connectivity index (χ0n) is 19.5. The van der Waals surface area contributed by atoms with Crippen molar-refractivity contribution in [3.63, 3.8) is 0 Å². The van der Waals surface area contributed by atoms with Gasteiger partial charge in [0.2, 0.25) is 12.0 Å². The van der Waals surface area contributed by atoms with Gasteiger partial charge in [0, 0.05) is 32.6 Å². The standard InChI is InChI=1S/C26H34N2O5/c1-27(2)23(30)22(19-6-4-3-5-7-19)33-24(31)21-11-20(29)15-28(21)25(32)26-12-16-8-17(13-26)10-18(9-16)14-26/h3-7,16-18,20-22,29H,8-15H2,1-2H3/t16?,17?,18?,20?,21-,22?,26?/m0/s1. The molecule has 5 aliphatic rings. The van der Waals surface area contributed by atoms with Crippen molar-refractivity contribution in [1.82, 2.24) is 9.80 Å². The van der Waals surface area contributed by atoms with E-state index in [1.165, 1.54) is 24.2 Å². The highest BCUT2D eigenvalue weighted by molar-refractivity contribution is 5.91. The molecule has 0 aromatic heterocycles.